The molecule has 0 saturated heterocycles. The molecule has 3 heterocycles. The first kappa shape index (κ1) is 19.2. The maximum absolute atomic E-state index is 13.3. The molecule has 0 bridgehead atoms. The highest BCUT2D eigenvalue weighted by atomic mass is 19.1. The van der Waals surface area contributed by atoms with Gasteiger partial charge in [0, 0.05) is 37.3 Å². The molecule has 2 aromatic heterocycles. The monoisotopic (exact) mass is 416 g/mol. The zero-order valence-corrected chi connectivity index (χ0v) is 17.2. The zero-order chi connectivity index (χ0) is 21.5. The highest BCUT2D eigenvalue weighted by Gasteiger charge is 2.32. The van der Waals surface area contributed by atoms with Crippen molar-refractivity contribution >= 4 is 5.91 Å². The number of carbonyl (C=O) groups excluding carboxylic acids is 1. The molecule has 2 aromatic carbocycles. The molecule has 0 saturated carbocycles. The summed E-state index contributed by atoms with van der Waals surface area (Å²) in [5.74, 6) is -0.486. The fourth-order valence-electron chi connectivity index (χ4n) is 4.11. The molecule has 156 valence electrons. The first-order valence-corrected chi connectivity index (χ1v) is 10.0. The van der Waals surface area contributed by atoms with Gasteiger partial charge in [-0.25, -0.2) is 4.39 Å². The number of hydrogen-bond donors (Lipinski definition) is 0. The van der Waals surface area contributed by atoms with Crippen molar-refractivity contribution in [1.29, 1.82) is 0 Å². The fraction of sp³-hybridized carbons (Fsp3) is 0.217. The van der Waals surface area contributed by atoms with Crippen LogP contribution in [0.2, 0.25) is 0 Å². The second-order valence-electron chi connectivity index (χ2n) is 7.74. The molecule has 8 heteroatoms. The number of benzene rings is 2. The van der Waals surface area contributed by atoms with Gasteiger partial charge in [0.15, 0.2) is 5.69 Å². The van der Waals surface area contributed by atoms with Gasteiger partial charge in [-0.15, -0.1) is 5.10 Å². The minimum Gasteiger partial charge on any atom is -0.332 e. The van der Waals surface area contributed by atoms with Crippen LogP contribution >= 0.6 is 0 Å². The first-order chi connectivity index (χ1) is 15.0. The van der Waals surface area contributed by atoms with E-state index in [-0.39, 0.29) is 23.3 Å². The Kier molecular flexibility index (Phi) is 4.62. The summed E-state index contributed by atoms with van der Waals surface area (Å²) in [4.78, 5) is 16.4. The summed E-state index contributed by atoms with van der Waals surface area (Å²) in [5, 5.41) is 12.9. The minimum absolute atomic E-state index is 0.0368. The molecule has 5 rings (SSSR count). The lowest BCUT2D eigenvalue weighted by atomic mass is 9.85. The summed E-state index contributed by atoms with van der Waals surface area (Å²) in [7, 11) is 1.92. The Morgan fingerprint density at radius 3 is 2.55 bits per heavy atom. The molecule has 0 radical (unpaired) electrons. The average Bonchev–Trinajstić information content (AvgIpc) is 3.40. The van der Waals surface area contributed by atoms with Gasteiger partial charge >= 0.3 is 0 Å². The van der Waals surface area contributed by atoms with Crippen molar-refractivity contribution in [2.45, 2.75) is 19.4 Å². The second-order valence-corrected chi connectivity index (χ2v) is 7.74. The standard InChI is InChI=1S/C23H21FN6O/c1-15-20(11-25-28(15)2)21-14-29(13-16-5-3-4-6-19(16)21)23(31)22-12-26-30(27-22)18-9-7-17(24)8-10-18/h3-12,21H,13-14H2,1-2H3. The lowest BCUT2D eigenvalue weighted by Crippen LogP contribution is -2.39. The van der Waals surface area contributed by atoms with Crippen LogP contribution in [0.1, 0.15) is 38.8 Å². The normalized spacial score (nSPS) is 15.7. The van der Waals surface area contributed by atoms with Gasteiger partial charge in [-0.2, -0.15) is 15.0 Å². The van der Waals surface area contributed by atoms with Crippen LogP contribution in [0.5, 0.6) is 0 Å². The van der Waals surface area contributed by atoms with Gasteiger partial charge in [0.1, 0.15) is 5.82 Å². The predicted octanol–water partition coefficient (Wildman–Crippen LogP) is 3.24. The topological polar surface area (TPSA) is 68.8 Å². The van der Waals surface area contributed by atoms with Crippen molar-refractivity contribution < 1.29 is 9.18 Å². The Balaban J connectivity index is 1.46. The largest absolute Gasteiger partial charge is 0.332 e. The fourth-order valence-corrected chi connectivity index (χ4v) is 4.11. The van der Waals surface area contributed by atoms with Gasteiger partial charge in [0.05, 0.1) is 18.1 Å². The van der Waals surface area contributed by atoms with E-state index >= 15 is 0 Å². The number of amides is 1. The molecule has 1 unspecified atom stereocenters. The van der Waals surface area contributed by atoms with Crippen molar-refractivity contribution in [3.05, 3.63) is 94.8 Å². The number of aromatic nitrogens is 5. The third kappa shape index (κ3) is 3.39. The summed E-state index contributed by atoms with van der Waals surface area (Å²) >= 11 is 0. The summed E-state index contributed by atoms with van der Waals surface area (Å²) in [6, 6.07) is 14.0. The number of fused-ring (bicyclic) bond motifs is 1. The number of hydrogen-bond acceptors (Lipinski definition) is 4. The van der Waals surface area contributed by atoms with E-state index in [4.69, 9.17) is 0 Å². The van der Waals surface area contributed by atoms with Crippen LogP contribution in [0.3, 0.4) is 0 Å². The summed E-state index contributed by atoms with van der Waals surface area (Å²) in [6.45, 7) is 3.08. The molecule has 1 amide bonds. The summed E-state index contributed by atoms with van der Waals surface area (Å²) < 4.78 is 15.0. The molecule has 0 spiro atoms. The van der Waals surface area contributed by atoms with E-state index in [2.05, 4.69) is 27.4 Å². The third-order valence-electron chi connectivity index (χ3n) is 5.90. The van der Waals surface area contributed by atoms with Crippen LogP contribution in [0.4, 0.5) is 4.39 Å². The highest BCUT2D eigenvalue weighted by molar-refractivity contribution is 5.92. The van der Waals surface area contributed by atoms with E-state index in [1.165, 1.54) is 28.7 Å². The van der Waals surface area contributed by atoms with Crippen molar-refractivity contribution in [2.75, 3.05) is 6.54 Å². The molecular formula is C23H21FN6O. The number of nitrogens with zero attached hydrogens (tertiary/aromatic N) is 6. The molecule has 4 aromatic rings. The Morgan fingerprint density at radius 2 is 1.81 bits per heavy atom. The first-order valence-electron chi connectivity index (χ1n) is 10.0. The molecule has 0 aliphatic carbocycles. The predicted molar refractivity (Wildman–Crippen MR) is 112 cm³/mol. The lowest BCUT2D eigenvalue weighted by molar-refractivity contribution is 0.0718. The number of aryl methyl sites for hydroxylation is 1. The van der Waals surface area contributed by atoms with Crippen molar-refractivity contribution in [1.82, 2.24) is 29.7 Å². The van der Waals surface area contributed by atoms with E-state index in [1.54, 1.807) is 17.0 Å². The maximum Gasteiger partial charge on any atom is 0.276 e. The van der Waals surface area contributed by atoms with Gasteiger partial charge in [-0.1, -0.05) is 24.3 Å². The van der Waals surface area contributed by atoms with E-state index in [0.717, 1.165) is 16.8 Å². The molecule has 7 nitrogen and oxygen atoms in total. The van der Waals surface area contributed by atoms with Gasteiger partial charge < -0.3 is 4.90 Å². The zero-order valence-electron chi connectivity index (χ0n) is 17.2. The Bertz CT molecular complexity index is 1260. The third-order valence-corrected chi connectivity index (χ3v) is 5.90. The SMILES string of the molecule is Cc1c(C2CN(C(=O)c3cnn(-c4ccc(F)cc4)n3)Cc3ccccc32)cnn1C. The molecule has 1 atom stereocenters. The summed E-state index contributed by atoms with van der Waals surface area (Å²) in [6.07, 6.45) is 3.34. The molecule has 0 fully saturated rings. The highest BCUT2D eigenvalue weighted by Crippen LogP contribution is 2.35. The van der Waals surface area contributed by atoms with Crippen LogP contribution in [0.25, 0.3) is 5.69 Å². The van der Waals surface area contributed by atoms with E-state index in [0.29, 0.717) is 18.8 Å². The lowest BCUT2D eigenvalue weighted by Gasteiger charge is -2.34. The molecular weight excluding hydrogens is 395 g/mol. The van der Waals surface area contributed by atoms with Crippen molar-refractivity contribution in [2.24, 2.45) is 7.05 Å². The van der Waals surface area contributed by atoms with Crippen LogP contribution in [0.15, 0.2) is 60.9 Å². The molecule has 31 heavy (non-hydrogen) atoms. The van der Waals surface area contributed by atoms with Crippen molar-refractivity contribution in [3.8, 4) is 5.69 Å². The van der Waals surface area contributed by atoms with Crippen molar-refractivity contribution in [3.63, 3.8) is 0 Å². The van der Waals surface area contributed by atoms with E-state index < -0.39 is 0 Å². The van der Waals surface area contributed by atoms with Gasteiger partial charge in [-0.3, -0.25) is 9.48 Å². The van der Waals surface area contributed by atoms with Crippen LogP contribution < -0.4 is 0 Å². The van der Waals surface area contributed by atoms with Gasteiger partial charge in [0.25, 0.3) is 5.91 Å². The quantitative estimate of drug-likeness (QED) is 0.514. The number of carbonyl (C=O) groups is 1. The van der Waals surface area contributed by atoms with Crippen LogP contribution in [-0.4, -0.2) is 42.1 Å². The molecule has 0 N–H and O–H groups in total. The van der Waals surface area contributed by atoms with E-state index in [9.17, 15) is 9.18 Å². The van der Waals surface area contributed by atoms with Crippen LogP contribution in [0, 0.1) is 12.7 Å². The average molecular weight is 416 g/mol. The van der Waals surface area contributed by atoms with Crippen LogP contribution in [-0.2, 0) is 13.6 Å². The minimum atomic E-state index is -0.337. The number of rotatable bonds is 3. The van der Waals surface area contributed by atoms with Gasteiger partial charge in [0.2, 0.25) is 0 Å². The Morgan fingerprint density at radius 1 is 1.03 bits per heavy atom. The maximum atomic E-state index is 13.3. The van der Waals surface area contributed by atoms with E-state index in [1.807, 2.05) is 37.0 Å². The Hall–Kier alpha value is -3.81. The Labute approximate surface area is 178 Å². The second kappa shape index (κ2) is 7.46. The number of halogens is 1. The van der Waals surface area contributed by atoms with Gasteiger partial charge in [-0.05, 0) is 42.3 Å². The smallest absolute Gasteiger partial charge is 0.276 e. The molecule has 1 aliphatic heterocycles. The molecule has 1 aliphatic rings. The summed E-state index contributed by atoms with van der Waals surface area (Å²) in [5.41, 5.74) is 5.37.